The van der Waals surface area contributed by atoms with E-state index in [1.807, 2.05) is 13.8 Å². The lowest BCUT2D eigenvalue weighted by Crippen LogP contribution is -2.46. The van der Waals surface area contributed by atoms with Gasteiger partial charge in [-0.3, -0.25) is 14.4 Å². The standard InChI is InChI=1S/C19H28N4O5/c1-11(2)18(20)19(26)21-9-16(24)23-13-6-7-14(27-3)15(8-13)28-10-17(25)22-12-4-5-12/h6-8,11-12,18H,4-5,9-10,20H2,1-3H3,(H,21,26)(H,22,25)(H,23,24)/t18-/m0/s1. The van der Waals surface area contributed by atoms with Crippen LogP contribution in [0.15, 0.2) is 18.2 Å². The zero-order chi connectivity index (χ0) is 20.7. The minimum absolute atomic E-state index is 0.0264. The summed E-state index contributed by atoms with van der Waals surface area (Å²) in [7, 11) is 1.48. The first-order valence-electron chi connectivity index (χ1n) is 9.23. The molecule has 0 aliphatic heterocycles. The Morgan fingerprint density at radius 3 is 2.50 bits per heavy atom. The molecule has 1 fully saturated rings. The molecule has 9 nitrogen and oxygen atoms in total. The third kappa shape index (κ3) is 6.73. The van der Waals surface area contributed by atoms with Crippen molar-refractivity contribution >= 4 is 23.4 Å². The molecule has 0 spiro atoms. The molecular weight excluding hydrogens is 364 g/mol. The molecule has 1 saturated carbocycles. The highest BCUT2D eigenvalue weighted by molar-refractivity contribution is 5.95. The van der Waals surface area contributed by atoms with E-state index in [9.17, 15) is 14.4 Å². The molecule has 0 radical (unpaired) electrons. The Bertz CT molecular complexity index is 718. The van der Waals surface area contributed by atoms with Crippen LogP contribution in [0.2, 0.25) is 0 Å². The van der Waals surface area contributed by atoms with Crippen molar-refractivity contribution in [3.8, 4) is 11.5 Å². The summed E-state index contributed by atoms with van der Waals surface area (Å²) in [6, 6.07) is 4.40. The molecular formula is C19H28N4O5. The van der Waals surface area contributed by atoms with Crippen LogP contribution in [-0.2, 0) is 14.4 Å². The normalized spacial score (nSPS) is 14.2. The topological polar surface area (TPSA) is 132 Å². The van der Waals surface area contributed by atoms with Gasteiger partial charge in [-0.15, -0.1) is 0 Å². The Morgan fingerprint density at radius 2 is 1.89 bits per heavy atom. The van der Waals surface area contributed by atoms with Gasteiger partial charge in [-0.25, -0.2) is 0 Å². The fraction of sp³-hybridized carbons (Fsp3) is 0.526. The molecule has 0 unspecified atom stereocenters. The molecule has 9 heteroatoms. The van der Waals surface area contributed by atoms with Crippen LogP contribution in [0.4, 0.5) is 5.69 Å². The van der Waals surface area contributed by atoms with E-state index in [0.717, 1.165) is 12.8 Å². The van der Waals surface area contributed by atoms with Crippen molar-refractivity contribution in [1.82, 2.24) is 10.6 Å². The van der Waals surface area contributed by atoms with Gasteiger partial charge in [-0.2, -0.15) is 0 Å². The molecule has 1 aromatic rings. The summed E-state index contributed by atoms with van der Waals surface area (Å²) in [4.78, 5) is 35.7. The minimum Gasteiger partial charge on any atom is -0.493 e. The second-order valence-electron chi connectivity index (χ2n) is 7.03. The lowest BCUT2D eigenvalue weighted by molar-refractivity contribution is -0.125. The van der Waals surface area contributed by atoms with E-state index in [0.29, 0.717) is 17.2 Å². The van der Waals surface area contributed by atoms with Crippen molar-refractivity contribution in [2.45, 2.75) is 38.8 Å². The van der Waals surface area contributed by atoms with Crippen molar-refractivity contribution in [3.63, 3.8) is 0 Å². The van der Waals surface area contributed by atoms with E-state index in [4.69, 9.17) is 15.2 Å². The first kappa shape index (κ1) is 21.5. The number of benzene rings is 1. The van der Waals surface area contributed by atoms with E-state index in [2.05, 4.69) is 16.0 Å². The molecule has 0 heterocycles. The molecule has 0 bridgehead atoms. The summed E-state index contributed by atoms with van der Waals surface area (Å²) in [6.45, 7) is 3.31. The van der Waals surface area contributed by atoms with Crippen molar-refractivity contribution < 1.29 is 23.9 Å². The third-order valence-corrected chi connectivity index (χ3v) is 4.19. The lowest BCUT2D eigenvalue weighted by atomic mass is 10.1. The Labute approximate surface area is 164 Å². The molecule has 3 amide bonds. The van der Waals surface area contributed by atoms with Crippen LogP contribution in [0.5, 0.6) is 11.5 Å². The Balaban J connectivity index is 1.89. The summed E-state index contributed by atoms with van der Waals surface area (Å²) < 4.78 is 10.7. The third-order valence-electron chi connectivity index (χ3n) is 4.19. The molecule has 0 saturated heterocycles. The number of carbonyl (C=O) groups excluding carboxylic acids is 3. The molecule has 1 aliphatic rings. The van der Waals surface area contributed by atoms with Gasteiger partial charge in [0, 0.05) is 17.8 Å². The maximum Gasteiger partial charge on any atom is 0.258 e. The number of rotatable bonds is 10. The van der Waals surface area contributed by atoms with Crippen molar-refractivity contribution in [2.24, 2.45) is 11.7 Å². The fourth-order valence-electron chi connectivity index (χ4n) is 2.30. The van der Waals surface area contributed by atoms with E-state index in [1.54, 1.807) is 18.2 Å². The van der Waals surface area contributed by atoms with Gasteiger partial charge in [0.15, 0.2) is 18.1 Å². The maximum absolute atomic E-state index is 12.1. The van der Waals surface area contributed by atoms with Crippen LogP contribution >= 0.6 is 0 Å². The predicted octanol–water partition coefficient (Wildman–Crippen LogP) is 0.391. The summed E-state index contributed by atoms with van der Waals surface area (Å²) >= 11 is 0. The highest BCUT2D eigenvalue weighted by atomic mass is 16.5. The molecule has 2 rings (SSSR count). The van der Waals surface area contributed by atoms with Crippen LogP contribution < -0.4 is 31.2 Å². The predicted molar refractivity (Wildman–Crippen MR) is 104 cm³/mol. The average molecular weight is 392 g/mol. The number of hydrogen-bond acceptors (Lipinski definition) is 6. The highest BCUT2D eigenvalue weighted by Gasteiger charge is 2.23. The fourth-order valence-corrected chi connectivity index (χ4v) is 2.30. The van der Waals surface area contributed by atoms with E-state index < -0.39 is 11.9 Å². The van der Waals surface area contributed by atoms with Crippen molar-refractivity contribution in [1.29, 1.82) is 0 Å². The lowest BCUT2D eigenvalue weighted by Gasteiger charge is -2.15. The molecule has 0 aromatic heterocycles. The first-order chi connectivity index (χ1) is 13.3. The second kappa shape index (κ2) is 9.93. The SMILES string of the molecule is COc1ccc(NC(=O)CNC(=O)[C@@H](N)C(C)C)cc1OCC(=O)NC1CC1. The van der Waals surface area contributed by atoms with Crippen molar-refractivity contribution in [2.75, 3.05) is 25.6 Å². The number of methoxy groups -OCH3 is 1. The molecule has 5 N–H and O–H groups in total. The van der Waals surface area contributed by atoms with Gasteiger partial charge in [0.2, 0.25) is 11.8 Å². The molecule has 1 atom stereocenters. The smallest absolute Gasteiger partial charge is 0.258 e. The number of carbonyl (C=O) groups is 3. The molecule has 28 heavy (non-hydrogen) atoms. The summed E-state index contributed by atoms with van der Waals surface area (Å²) in [5.74, 6) is -0.257. The van der Waals surface area contributed by atoms with Gasteiger partial charge >= 0.3 is 0 Å². The molecule has 154 valence electrons. The van der Waals surface area contributed by atoms with Crippen molar-refractivity contribution in [3.05, 3.63) is 18.2 Å². The Kier molecular flexibility index (Phi) is 7.62. The van der Waals surface area contributed by atoms with Crippen LogP contribution in [0.25, 0.3) is 0 Å². The number of nitrogens with one attached hydrogen (secondary N) is 3. The van der Waals surface area contributed by atoms with Gasteiger partial charge in [0.05, 0.1) is 19.7 Å². The van der Waals surface area contributed by atoms with Gasteiger partial charge in [-0.1, -0.05) is 13.8 Å². The van der Waals surface area contributed by atoms with Gasteiger partial charge in [0.1, 0.15) is 0 Å². The number of anilines is 1. The first-order valence-corrected chi connectivity index (χ1v) is 9.23. The second-order valence-corrected chi connectivity index (χ2v) is 7.03. The van der Waals surface area contributed by atoms with Gasteiger partial charge < -0.3 is 31.2 Å². The highest BCUT2D eigenvalue weighted by Crippen LogP contribution is 2.30. The van der Waals surface area contributed by atoms with E-state index in [-0.39, 0.29) is 36.9 Å². The zero-order valence-corrected chi connectivity index (χ0v) is 16.4. The van der Waals surface area contributed by atoms with Gasteiger partial charge in [-0.05, 0) is 30.9 Å². The zero-order valence-electron chi connectivity index (χ0n) is 16.4. The monoisotopic (exact) mass is 392 g/mol. The quantitative estimate of drug-likeness (QED) is 0.455. The Hall–Kier alpha value is -2.81. The minimum atomic E-state index is -0.671. The summed E-state index contributed by atoms with van der Waals surface area (Å²) in [5, 5.41) is 7.98. The van der Waals surface area contributed by atoms with Crippen LogP contribution in [0.1, 0.15) is 26.7 Å². The van der Waals surface area contributed by atoms with Crippen LogP contribution in [0, 0.1) is 5.92 Å². The number of amides is 3. The number of hydrogen-bond donors (Lipinski definition) is 4. The summed E-state index contributed by atoms with van der Waals surface area (Å²) in [5.41, 5.74) is 6.19. The maximum atomic E-state index is 12.1. The Morgan fingerprint density at radius 1 is 1.18 bits per heavy atom. The average Bonchev–Trinajstić information content (AvgIpc) is 3.47. The molecule has 1 aromatic carbocycles. The van der Waals surface area contributed by atoms with E-state index in [1.165, 1.54) is 7.11 Å². The summed E-state index contributed by atoms with van der Waals surface area (Å²) in [6.07, 6.45) is 1.99. The number of nitrogens with two attached hydrogens (primary N) is 1. The largest absolute Gasteiger partial charge is 0.493 e. The van der Waals surface area contributed by atoms with Gasteiger partial charge in [0.25, 0.3) is 5.91 Å². The van der Waals surface area contributed by atoms with Crippen LogP contribution in [0.3, 0.4) is 0 Å². The molecule has 1 aliphatic carbocycles. The van der Waals surface area contributed by atoms with Crippen LogP contribution in [-0.4, -0.2) is 50.1 Å². The number of ether oxygens (including phenoxy) is 2. The van der Waals surface area contributed by atoms with E-state index >= 15 is 0 Å².